The van der Waals surface area contributed by atoms with Gasteiger partial charge in [-0.25, -0.2) is 0 Å². The smallest absolute Gasteiger partial charge is 0.0834 e. The van der Waals surface area contributed by atoms with Crippen molar-refractivity contribution in [3.63, 3.8) is 0 Å². The standard InChI is InChI=1S/C15H28ClN3OS/c1-5-7-17-14(11-21-12(3)6-2)15-13(16)10-18-19(15)8-9-20-4/h10,12,14,17H,5-9,11H2,1-4H3. The van der Waals surface area contributed by atoms with E-state index in [9.17, 15) is 0 Å². The van der Waals surface area contributed by atoms with Crippen molar-refractivity contribution in [1.82, 2.24) is 15.1 Å². The van der Waals surface area contributed by atoms with Crippen molar-refractivity contribution < 1.29 is 4.74 Å². The third-order valence-electron chi connectivity index (χ3n) is 3.43. The summed E-state index contributed by atoms with van der Waals surface area (Å²) in [5.74, 6) is 1.01. The summed E-state index contributed by atoms with van der Waals surface area (Å²) in [7, 11) is 1.70. The Balaban J connectivity index is 2.82. The number of nitrogens with zero attached hydrogens (tertiary/aromatic N) is 2. The highest BCUT2D eigenvalue weighted by molar-refractivity contribution is 7.99. The number of methoxy groups -OCH3 is 1. The minimum absolute atomic E-state index is 0.232. The molecule has 0 aliphatic carbocycles. The summed E-state index contributed by atoms with van der Waals surface area (Å²) in [5.41, 5.74) is 1.08. The van der Waals surface area contributed by atoms with E-state index in [1.54, 1.807) is 13.3 Å². The lowest BCUT2D eigenvalue weighted by atomic mass is 10.2. The zero-order chi connectivity index (χ0) is 15.7. The molecule has 122 valence electrons. The van der Waals surface area contributed by atoms with Crippen LogP contribution in [-0.2, 0) is 11.3 Å². The molecule has 0 saturated heterocycles. The summed E-state index contributed by atoms with van der Waals surface area (Å²) < 4.78 is 7.13. The molecule has 1 N–H and O–H groups in total. The molecule has 0 radical (unpaired) electrons. The highest BCUT2D eigenvalue weighted by Gasteiger charge is 2.20. The molecule has 1 aromatic heterocycles. The second-order valence-electron chi connectivity index (χ2n) is 5.15. The number of ether oxygens (including phenoxy) is 1. The molecule has 0 aromatic carbocycles. The summed E-state index contributed by atoms with van der Waals surface area (Å²) in [5, 5.41) is 9.38. The number of hydrogen-bond acceptors (Lipinski definition) is 4. The number of halogens is 1. The van der Waals surface area contributed by atoms with Crippen LogP contribution >= 0.6 is 23.4 Å². The highest BCUT2D eigenvalue weighted by Crippen LogP contribution is 2.28. The van der Waals surface area contributed by atoms with Crippen molar-refractivity contribution in [1.29, 1.82) is 0 Å². The normalized spacial score (nSPS) is 14.3. The molecule has 2 atom stereocenters. The molecule has 0 fully saturated rings. The number of aromatic nitrogens is 2. The first kappa shape index (κ1) is 18.8. The van der Waals surface area contributed by atoms with Crippen LogP contribution in [0.25, 0.3) is 0 Å². The van der Waals surface area contributed by atoms with Gasteiger partial charge in [-0.15, -0.1) is 0 Å². The molecule has 2 unspecified atom stereocenters. The molecule has 0 bridgehead atoms. The average molecular weight is 334 g/mol. The van der Waals surface area contributed by atoms with Crippen molar-refractivity contribution in [2.45, 2.75) is 51.4 Å². The zero-order valence-electron chi connectivity index (χ0n) is 13.6. The molecule has 0 amide bonds. The third-order valence-corrected chi connectivity index (χ3v) is 5.15. The maximum atomic E-state index is 6.37. The van der Waals surface area contributed by atoms with E-state index in [2.05, 4.69) is 31.2 Å². The molecule has 0 aliphatic rings. The third kappa shape index (κ3) is 6.19. The van der Waals surface area contributed by atoms with Gasteiger partial charge in [-0.1, -0.05) is 32.4 Å². The van der Waals surface area contributed by atoms with Gasteiger partial charge in [-0.05, 0) is 19.4 Å². The summed E-state index contributed by atoms with van der Waals surface area (Å²) in [6.07, 6.45) is 4.03. The summed E-state index contributed by atoms with van der Waals surface area (Å²) >= 11 is 8.35. The lowest BCUT2D eigenvalue weighted by Crippen LogP contribution is -2.28. The maximum Gasteiger partial charge on any atom is 0.0834 e. The van der Waals surface area contributed by atoms with Crippen LogP contribution in [0, 0.1) is 0 Å². The molecular weight excluding hydrogens is 306 g/mol. The molecular formula is C15H28ClN3OS. The Morgan fingerprint density at radius 2 is 2.24 bits per heavy atom. The van der Waals surface area contributed by atoms with Gasteiger partial charge < -0.3 is 10.1 Å². The van der Waals surface area contributed by atoms with Crippen LogP contribution in [0.4, 0.5) is 0 Å². The fraction of sp³-hybridized carbons (Fsp3) is 0.800. The molecule has 0 saturated carbocycles. The van der Waals surface area contributed by atoms with Crippen molar-refractivity contribution in [3.05, 3.63) is 16.9 Å². The Labute approximate surface area is 138 Å². The lowest BCUT2D eigenvalue weighted by Gasteiger charge is -2.22. The number of thioether (sulfide) groups is 1. The van der Waals surface area contributed by atoms with Crippen molar-refractivity contribution in [2.75, 3.05) is 26.0 Å². The molecule has 0 aliphatic heterocycles. The van der Waals surface area contributed by atoms with Crippen LogP contribution in [0.1, 0.15) is 45.3 Å². The quantitative estimate of drug-likeness (QED) is 0.669. The van der Waals surface area contributed by atoms with Gasteiger partial charge in [0.2, 0.25) is 0 Å². The van der Waals surface area contributed by atoms with E-state index in [0.717, 1.165) is 36.0 Å². The van der Waals surface area contributed by atoms with E-state index in [1.165, 1.54) is 6.42 Å². The number of nitrogens with one attached hydrogen (secondary N) is 1. The maximum absolute atomic E-state index is 6.37. The SMILES string of the molecule is CCCNC(CSC(C)CC)c1c(Cl)cnn1CCOC. The van der Waals surface area contributed by atoms with Gasteiger partial charge in [0.05, 0.1) is 36.1 Å². The summed E-state index contributed by atoms with van der Waals surface area (Å²) in [6.45, 7) is 9.03. The Morgan fingerprint density at radius 3 is 2.86 bits per heavy atom. The first-order valence-electron chi connectivity index (χ1n) is 7.69. The van der Waals surface area contributed by atoms with E-state index in [4.69, 9.17) is 16.3 Å². The molecule has 4 nitrogen and oxygen atoms in total. The van der Waals surface area contributed by atoms with Gasteiger partial charge in [0.1, 0.15) is 0 Å². The van der Waals surface area contributed by atoms with Crippen LogP contribution in [0.3, 0.4) is 0 Å². The van der Waals surface area contributed by atoms with Crippen LogP contribution in [0.5, 0.6) is 0 Å². The average Bonchev–Trinajstić information content (AvgIpc) is 2.86. The molecule has 1 heterocycles. The number of rotatable bonds is 11. The summed E-state index contributed by atoms with van der Waals surface area (Å²) in [4.78, 5) is 0. The van der Waals surface area contributed by atoms with E-state index < -0.39 is 0 Å². The fourth-order valence-corrected chi connectivity index (χ4v) is 3.31. The molecule has 1 rings (SSSR count). The second kappa shape index (κ2) is 10.5. The Kier molecular flexibility index (Phi) is 9.40. The van der Waals surface area contributed by atoms with E-state index in [-0.39, 0.29) is 6.04 Å². The topological polar surface area (TPSA) is 39.1 Å². The molecule has 1 aromatic rings. The summed E-state index contributed by atoms with van der Waals surface area (Å²) in [6, 6.07) is 0.232. The zero-order valence-corrected chi connectivity index (χ0v) is 15.1. The minimum Gasteiger partial charge on any atom is -0.383 e. The second-order valence-corrected chi connectivity index (χ2v) is 7.03. The van der Waals surface area contributed by atoms with Gasteiger partial charge in [-0.2, -0.15) is 16.9 Å². The van der Waals surface area contributed by atoms with Gasteiger partial charge in [0, 0.05) is 18.1 Å². The van der Waals surface area contributed by atoms with Gasteiger partial charge >= 0.3 is 0 Å². The van der Waals surface area contributed by atoms with Gasteiger partial charge in [0.25, 0.3) is 0 Å². The minimum atomic E-state index is 0.232. The van der Waals surface area contributed by atoms with Gasteiger partial charge in [0.15, 0.2) is 0 Å². The predicted molar refractivity (Wildman–Crippen MR) is 92.4 cm³/mol. The first-order valence-corrected chi connectivity index (χ1v) is 9.11. The molecule has 6 heteroatoms. The Morgan fingerprint density at radius 1 is 1.48 bits per heavy atom. The largest absolute Gasteiger partial charge is 0.383 e. The Hall–Kier alpha value is -0.230. The molecule has 0 spiro atoms. The highest BCUT2D eigenvalue weighted by atomic mass is 35.5. The van der Waals surface area contributed by atoms with Crippen LogP contribution in [0.2, 0.25) is 5.02 Å². The van der Waals surface area contributed by atoms with Crippen LogP contribution in [-0.4, -0.2) is 41.0 Å². The first-order chi connectivity index (χ1) is 10.1. The lowest BCUT2D eigenvalue weighted by molar-refractivity contribution is 0.182. The fourth-order valence-electron chi connectivity index (χ4n) is 2.01. The monoisotopic (exact) mass is 333 g/mol. The van der Waals surface area contributed by atoms with E-state index in [1.807, 2.05) is 16.4 Å². The predicted octanol–water partition coefficient (Wildman–Crippen LogP) is 3.76. The number of hydrogen-bond donors (Lipinski definition) is 1. The van der Waals surface area contributed by atoms with Crippen LogP contribution in [0.15, 0.2) is 6.20 Å². The van der Waals surface area contributed by atoms with Crippen molar-refractivity contribution in [3.8, 4) is 0 Å². The van der Waals surface area contributed by atoms with Crippen LogP contribution < -0.4 is 5.32 Å². The van der Waals surface area contributed by atoms with Crippen molar-refractivity contribution in [2.24, 2.45) is 0 Å². The van der Waals surface area contributed by atoms with E-state index >= 15 is 0 Å². The molecule has 21 heavy (non-hydrogen) atoms. The van der Waals surface area contributed by atoms with Crippen molar-refractivity contribution >= 4 is 23.4 Å². The van der Waals surface area contributed by atoms with Gasteiger partial charge in [-0.3, -0.25) is 4.68 Å². The van der Waals surface area contributed by atoms with E-state index in [0.29, 0.717) is 11.9 Å². The Bertz CT molecular complexity index is 400.